The number of nitrogens with one attached hydrogen (secondary N) is 1. The fourth-order valence-corrected chi connectivity index (χ4v) is 5.02. The molecule has 6 nitrogen and oxygen atoms in total. The highest BCUT2D eigenvalue weighted by atomic mass is 32.1. The lowest BCUT2D eigenvalue weighted by Gasteiger charge is -2.29. The Hall–Kier alpha value is -3.84. The molecule has 1 saturated heterocycles. The zero-order chi connectivity index (χ0) is 25.2. The molecule has 1 aliphatic rings. The number of anilines is 2. The molecule has 0 amide bonds. The number of pyridine rings is 1. The van der Waals surface area contributed by atoms with Gasteiger partial charge in [-0.3, -0.25) is 4.98 Å². The van der Waals surface area contributed by atoms with Gasteiger partial charge in [-0.25, -0.2) is 0 Å². The van der Waals surface area contributed by atoms with E-state index in [-0.39, 0.29) is 18.2 Å². The first-order valence-corrected chi connectivity index (χ1v) is 12.6. The summed E-state index contributed by atoms with van der Waals surface area (Å²) in [6.45, 7) is 4.06. The third kappa shape index (κ3) is 4.66. The van der Waals surface area contributed by atoms with E-state index >= 15 is 0 Å². The van der Waals surface area contributed by atoms with E-state index in [9.17, 15) is 0 Å². The molecule has 0 radical (unpaired) electrons. The third-order valence-corrected chi connectivity index (χ3v) is 6.63. The van der Waals surface area contributed by atoms with E-state index in [1.807, 2.05) is 58.4 Å². The van der Waals surface area contributed by atoms with Crippen LogP contribution in [0.15, 0.2) is 91.3 Å². The Morgan fingerprint density at radius 1 is 0.917 bits per heavy atom. The van der Waals surface area contributed by atoms with E-state index in [0.717, 1.165) is 34.2 Å². The zero-order valence-electron chi connectivity index (χ0n) is 21.0. The topological polar surface area (TPSA) is 45.6 Å². The highest BCUT2D eigenvalue weighted by Gasteiger charge is 2.42. The molecule has 2 atom stereocenters. The van der Waals surface area contributed by atoms with E-state index < -0.39 is 0 Å². The van der Waals surface area contributed by atoms with Gasteiger partial charge >= 0.3 is 0 Å². The van der Waals surface area contributed by atoms with Crippen molar-refractivity contribution < 1.29 is 4.74 Å². The number of hydrogen-bond donors (Lipinski definition) is 1. The SMILES string of the molecule is CC(C)Oc1ccc(N2C(=S)N[C@@H](c3ccccn3)[C@H]2c2cccn2-c2ccc(N(C)C)cc2)cc1. The Morgan fingerprint density at radius 3 is 2.28 bits per heavy atom. The lowest BCUT2D eigenvalue weighted by atomic mass is 10.0. The van der Waals surface area contributed by atoms with Crippen molar-refractivity contribution in [3.63, 3.8) is 0 Å². The Kier molecular flexibility index (Phi) is 6.65. The third-order valence-electron chi connectivity index (χ3n) is 6.31. The monoisotopic (exact) mass is 497 g/mol. The van der Waals surface area contributed by atoms with Crippen LogP contribution >= 0.6 is 12.2 Å². The minimum atomic E-state index is -0.111. The van der Waals surface area contributed by atoms with Gasteiger partial charge in [0.15, 0.2) is 5.11 Å². The fourth-order valence-electron chi connectivity index (χ4n) is 4.67. The average Bonchev–Trinajstić information content (AvgIpc) is 3.49. The summed E-state index contributed by atoms with van der Waals surface area (Å²) in [5.74, 6) is 0.842. The van der Waals surface area contributed by atoms with Crippen molar-refractivity contribution in [3.8, 4) is 11.4 Å². The Morgan fingerprint density at radius 2 is 1.64 bits per heavy atom. The molecule has 0 saturated carbocycles. The van der Waals surface area contributed by atoms with E-state index in [1.54, 1.807) is 0 Å². The highest BCUT2D eigenvalue weighted by Crippen LogP contribution is 2.42. The van der Waals surface area contributed by atoms with Crippen LogP contribution in [0.4, 0.5) is 11.4 Å². The van der Waals surface area contributed by atoms with Crippen LogP contribution in [0.5, 0.6) is 5.75 Å². The largest absolute Gasteiger partial charge is 0.491 e. The Labute approximate surface area is 218 Å². The minimum absolute atomic E-state index is 0.104. The first kappa shape index (κ1) is 23.9. The Bertz CT molecular complexity index is 1320. The summed E-state index contributed by atoms with van der Waals surface area (Å²) in [5, 5.41) is 4.22. The van der Waals surface area contributed by atoms with Gasteiger partial charge in [-0.1, -0.05) is 6.07 Å². The van der Waals surface area contributed by atoms with Crippen molar-refractivity contribution in [1.82, 2.24) is 14.9 Å². The van der Waals surface area contributed by atoms with E-state index in [0.29, 0.717) is 5.11 Å². The molecule has 1 fully saturated rings. The zero-order valence-corrected chi connectivity index (χ0v) is 21.8. The molecule has 3 heterocycles. The van der Waals surface area contributed by atoms with Crippen LogP contribution in [-0.4, -0.2) is 34.9 Å². The molecule has 184 valence electrons. The van der Waals surface area contributed by atoms with Crippen molar-refractivity contribution in [2.24, 2.45) is 0 Å². The summed E-state index contributed by atoms with van der Waals surface area (Å²) in [7, 11) is 4.10. The average molecular weight is 498 g/mol. The minimum Gasteiger partial charge on any atom is -0.491 e. The number of hydrogen-bond acceptors (Lipinski definition) is 4. The second-order valence-corrected chi connectivity index (χ2v) is 9.76. The van der Waals surface area contributed by atoms with E-state index in [2.05, 4.69) is 85.5 Å². The van der Waals surface area contributed by atoms with Gasteiger partial charge < -0.3 is 24.4 Å². The molecule has 4 aromatic rings. The van der Waals surface area contributed by atoms with E-state index in [1.165, 1.54) is 0 Å². The second kappa shape index (κ2) is 10.0. The molecule has 0 spiro atoms. The van der Waals surface area contributed by atoms with Gasteiger partial charge in [-0.05, 0) is 98.9 Å². The molecular weight excluding hydrogens is 466 g/mol. The smallest absolute Gasteiger partial charge is 0.174 e. The first-order valence-electron chi connectivity index (χ1n) is 12.1. The van der Waals surface area contributed by atoms with Crippen molar-refractivity contribution >= 4 is 28.7 Å². The first-order chi connectivity index (χ1) is 17.4. The molecule has 1 aliphatic heterocycles. The molecule has 2 aromatic heterocycles. The number of rotatable bonds is 7. The normalized spacial score (nSPS) is 17.4. The fraction of sp³-hybridized carbons (Fsp3) is 0.241. The summed E-state index contributed by atoms with van der Waals surface area (Å²) < 4.78 is 8.10. The molecular formula is C29H31N5OS. The molecule has 5 rings (SSSR count). The summed E-state index contributed by atoms with van der Waals surface area (Å²) in [6, 6.07) is 26.8. The van der Waals surface area contributed by atoms with E-state index in [4.69, 9.17) is 17.0 Å². The van der Waals surface area contributed by atoms with Crippen LogP contribution in [0.25, 0.3) is 5.69 Å². The summed E-state index contributed by atoms with van der Waals surface area (Å²) >= 11 is 5.90. The molecule has 2 aromatic carbocycles. The summed E-state index contributed by atoms with van der Waals surface area (Å²) in [6.07, 6.45) is 4.06. The van der Waals surface area contributed by atoms with Crippen LogP contribution < -0.4 is 19.9 Å². The number of nitrogens with zero attached hydrogens (tertiary/aromatic N) is 4. The number of benzene rings is 2. The predicted octanol–water partition coefficient (Wildman–Crippen LogP) is 5.90. The number of thiocarbonyl (C=S) groups is 1. The quantitative estimate of drug-likeness (QED) is 0.321. The van der Waals surface area contributed by atoms with Crippen LogP contribution in [0.1, 0.15) is 37.3 Å². The lowest BCUT2D eigenvalue weighted by Crippen LogP contribution is -2.30. The summed E-state index contributed by atoms with van der Waals surface area (Å²) in [5.41, 5.74) is 5.33. The standard InChI is InChI=1S/C29H31N5OS/c1-20(2)35-24-16-14-23(15-17-24)34-28(27(31-29(34)36)25-8-5-6-18-30-25)26-9-7-19-33(26)22-12-10-21(11-13-22)32(3)4/h5-20,27-28H,1-4H3,(H,31,36)/t27-,28+/m0/s1. The van der Waals surface area contributed by atoms with Crippen LogP contribution in [0.2, 0.25) is 0 Å². The van der Waals surface area contributed by atoms with Crippen LogP contribution in [0, 0.1) is 0 Å². The van der Waals surface area contributed by atoms with Crippen molar-refractivity contribution in [2.45, 2.75) is 32.0 Å². The van der Waals surface area contributed by atoms with Gasteiger partial charge in [0.25, 0.3) is 0 Å². The maximum Gasteiger partial charge on any atom is 0.174 e. The lowest BCUT2D eigenvalue weighted by molar-refractivity contribution is 0.242. The van der Waals surface area contributed by atoms with Crippen molar-refractivity contribution in [2.75, 3.05) is 23.9 Å². The Balaban J connectivity index is 1.58. The molecule has 0 aliphatic carbocycles. The van der Waals surface area contributed by atoms with Gasteiger partial charge in [-0.15, -0.1) is 0 Å². The predicted molar refractivity (Wildman–Crippen MR) is 150 cm³/mol. The molecule has 0 bridgehead atoms. The van der Waals surface area contributed by atoms with Gasteiger partial charge in [0.05, 0.1) is 17.8 Å². The molecule has 36 heavy (non-hydrogen) atoms. The molecule has 1 N–H and O–H groups in total. The second-order valence-electron chi connectivity index (χ2n) is 9.37. The van der Waals surface area contributed by atoms with Gasteiger partial charge in [0.2, 0.25) is 0 Å². The number of ether oxygens (including phenoxy) is 1. The van der Waals surface area contributed by atoms with Gasteiger partial charge in [-0.2, -0.15) is 0 Å². The number of aromatic nitrogens is 2. The molecule has 7 heteroatoms. The van der Waals surface area contributed by atoms with Crippen LogP contribution in [0.3, 0.4) is 0 Å². The van der Waals surface area contributed by atoms with Gasteiger partial charge in [0.1, 0.15) is 11.8 Å². The molecule has 0 unspecified atom stereocenters. The van der Waals surface area contributed by atoms with Gasteiger partial charge in [0, 0.05) is 49.2 Å². The summed E-state index contributed by atoms with van der Waals surface area (Å²) in [4.78, 5) is 8.97. The maximum absolute atomic E-state index is 5.90. The van der Waals surface area contributed by atoms with Crippen molar-refractivity contribution in [3.05, 3.63) is 103 Å². The maximum atomic E-state index is 5.90. The highest BCUT2D eigenvalue weighted by molar-refractivity contribution is 7.80. The van der Waals surface area contributed by atoms with Crippen molar-refractivity contribution in [1.29, 1.82) is 0 Å². The van der Waals surface area contributed by atoms with Crippen LogP contribution in [-0.2, 0) is 0 Å².